The Morgan fingerprint density at radius 3 is 2.75 bits per heavy atom. The number of Topliss-reactive ketones (excluding diaryl/α,β-unsaturated/α-hetero) is 1. The van der Waals surface area contributed by atoms with E-state index in [2.05, 4.69) is 15.9 Å². The average Bonchev–Trinajstić information content (AvgIpc) is 2.63. The van der Waals surface area contributed by atoms with Crippen molar-refractivity contribution in [2.24, 2.45) is 5.41 Å². The predicted molar refractivity (Wildman–Crippen MR) is 48.1 cm³/mol. The van der Waals surface area contributed by atoms with Crippen molar-refractivity contribution >= 4 is 21.7 Å². The van der Waals surface area contributed by atoms with Crippen molar-refractivity contribution in [3.05, 3.63) is 22.6 Å². The largest absolute Gasteiger partial charge is 0.460 e. The van der Waals surface area contributed by atoms with Crippen LogP contribution >= 0.6 is 15.9 Å². The second kappa shape index (κ2) is 2.46. The van der Waals surface area contributed by atoms with Crippen LogP contribution in [0.3, 0.4) is 0 Å². The van der Waals surface area contributed by atoms with Gasteiger partial charge in [0.15, 0.2) is 5.76 Å². The van der Waals surface area contributed by atoms with E-state index >= 15 is 0 Å². The van der Waals surface area contributed by atoms with Crippen molar-refractivity contribution < 1.29 is 9.21 Å². The molecule has 64 valence electrons. The van der Waals surface area contributed by atoms with Gasteiger partial charge in [-0.25, -0.2) is 0 Å². The molecule has 0 aromatic carbocycles. The third-order valence-corrected chi connectivity index (χ3v) is 3.00. The van der Waals surface area contributed by atoms with Gasteiger partial charge in [-0.1, -0.05) is 6.92 Å². The van der Waals surface area contributed by atoms with E-state index in [4.69, 9.17) is 4.42 Å². The molecular formula is C9H9BrO2. The van der Waals surface area contributed by atoms with Gasteiger partial charge in [0, 0.05) is 5.41 Å². The Hall–Kier alpha value is -0.570. The molecule has 1 aliphatic carbocycles. The van der Waals surface area contributed by atoms with Crippen molar-refractivity contribution in [2.45, 2.75) is 19.8 Å². The molecule has 1 aliphatic rings. The summed E-state index contributed by atoms with van der Waals surface area (Å²) < 4.78 is 5.86. The Morgan fingerprint density at radius 1 is 1.67 bits per heavy atom. The second-order valence-electron chi connectivity index (χ2n) is 3.49. The molecule has 0 spiro atoms. The highest BCUT2D eigenvalue weighted by Gasteiger charge is 2.46. The molecule has 0 saturated heterocycles. The number of hydrogen-bond donors (Lipinski definition) is 0. The molecule has 0 aliphatic heterocycles. The molecule has 1 heterocycles. The molecule has 1 fully saturated rings. The fraction of sp³-hybridized carbons (Fsp3) is 0.444. The number of hydrogen-bond acceptors (Lipinski definition) is 2. The number of rotatable bonds is 2. The highest BCUT2D eigenvalue weighted by molar-refractivity contribution is 9.10. The van der Waals surface area contributed by atoms with E-state index in [9.17, 15) is 4.79 Å². The predicted octanol–water partition coefficient (Wildman–Crippen LogP) is 3.02. The topological polar surface area (TPSA) is 30.2 Å². The van der Waals surface area contributed by atoms with Gasteiger partial charge in [0.2, 0.25) is 5.78 Å². The third kappa shape index (κ3) is 1.12. The van der Waals surface area contributed by atoms with E-state index in [1.54, 1.807) is 6.07 Å². The van der Waals surface area contributed by atoms with Crippen LogP contribution in [0.5, 0.6) is 0 Å². The molecule has 0 N–H and O–H groups in total. The van der Waals surface area contributed by atoms with Gasteiger partial charge in [-0.05, 0) is 34.8 Å². The van der Waals surface area contributed by atoms with Crippen LogP contribution in [0.15, 0.2) is 21.2 Å². The maximum Gasteiger partial charge on any atom is 0.205 e. The summed E-state index contributed by atoms with van der Waals surface area (Å²) in [6.45, 7) is 1.98. The van der Waals surface area contributed by atoms with Gasteiger partial charge < -0.3 is 4.42 Å². The van der Waals surface area contributed by atoms with E-state index < -0.39 is 0 Å². The van der Waals surface area contributed by atoms with Gasteiger partial charge >= 0.3 is 0 Å². The Bertz CT molecular complexity index is 323. The van der Waals surface area contributed by atoms with Crippen LogP contribution in [-0.2, 0) is 0 Å². The molecule has 1 aromatic rings. The van der Waals surface area contributed by atoms with Crippen molar-refractivity contribution in [3.8, 4) is 0 Å². The van der Waals surface area contributed by atoms with Gasteiger partial charge in [-0.15, -0.1) is 0 Å². The van der Waals surface area contributed by atoms with Crippen molar-refractivity contribution in [3.63, 3.8) is 0 Å². The maximum absolute atomic E-state index is 11.7. The number of carbonyl (C=O) groups is 1. The molecule has 0 radical (unpaired) electrons. The first-order valence-corrected chi connectivity index (χ1v) is 4.71. The first-order valence-electron chi connectivity index (χ1n) is 3.91. The minimum absolute atomic E-state index is 0.124. The number of furan rings is 1. The summed E-state index contributed by atoms with van der Waals surface area (Å²) in [5.74, 6) is 0.592. The lowest BCUT2D eigenvalue weighted by Crippen LogP contribution is -2.11. The van der Waals surface area contributed by atoms with Crippen LogP contribution in [0.4, 0.5) is 0 Å². The molecule has 0 atom stereocenters. The summed E-state index contributed by atoms with van der Waals surface area (Å²) in [6, 6.07) is 1.75. The fourth-order valence-corrected chi connectivity index (χ4v) is 1.53. The highest BCUT2D eigenvalue weighted by atomic mass is 79.9. The summed E-state index contributed by atoms with van der Waals surface area (Å²) in [5.41, 5.74) is -0.139. The SMILES string of the molecule is CC1(C(=O)c2occc2Br)CC1. The zero-order valence-corrected chi connectivity index (χ0v) is 8.35. The lowest BCUT2D eigenvalue weighted by atomic mass is 10.0. The number of carbonyl (C=O) groups excluding carboxylic acids is 1. The smallest absolute Gasteiger partial charge is 0.205 e. The summed E-state index contributed by atoms with van der Waals surface area (Å²) in [6.07, 6.45) is 3.50. The zero-order valence-electron chi connectivity index (χ0n) is 6.76. The molecule has 2 rings (SSSR count). The quantitative estimate of drug-likeness (QED) is 0.729. The molecule has 12 heavy (non-hydrogen) atoms. The monoisotopic (exact) mass is 228 g/mol. The van der Waals surface area contributed by atoms with Crippen LogP contribution in [0, 0.1) is 5.41 Å². The molecule has 0 amide bonds. The Balaban J connectivity index is 2.31. The maximum atomic E-state index is 11.7. The molecule has 0 bridgehead atoms. The first-order chi connectivity index (χ1) is 5.63. The van der Waals surface area contributed by atoms with Gasteiger partial charge in [-0.3, -0.25) is 4.79 Å². The molecule has 3 heteroatoms. The lowest BCUT2D eigenvalue weighted by Gasteiger charge is -2.03. The van der Waals surface area contributed by atoms with Crippen LogP contribution in [0.25, 0.3) is 0 Å². The van der Waals surface area contributed by atoms with Gasteiger partial charge in [0.1, 0.15) is 0 Å². The fourth-order valence-electron chi connectivity index (χ4n) is 1.14. The van der Waals surface area contributed by atoms with E-state index in [1.165, 1.54) is 6.26 Å². The van der Waals surface area contributed by atoms with Crippen molar-refractivity contribution in [2.75, 3.05) is 0 Å². The Labute approximate surface area is 79.1 Å². The van der Waals surface area contributed by atoms with Crippen molar-refractivity contribution in [1.29, 1.82) is 0 Å². The standard InChI is InChI=1S/C9H9BrO2/c1-9(3-4-9)8(11)7-6(10)2-5-12-7/h2,5H,3-4H2,1H3. The van der Waals surface area contributed by atoms with E-state index in [0.717, 1.165) is 17.3 Å². The second-order valence-corrected chi connectivity index (χ2v) is 4.34. The van der Waals surface area contributed by atoms with Crippen molar-refractivity contribution in [1.82, 2.24) is 0 Å². The molecule has 1 aromatic heterocycles. The van der Waals surface area contributed by atoms with E-state index in [-0.39, 0.29) is 11.2 Å². The normalized spacial score (nSPS) is 19.2. The summed E-state index contributed by atoms with van der Waals surface area (Å²) >= 11 is 3.27. The van der Waals surface area contributed by atoms with Gasteiger partial charge in [0.25, 0.3) is 0 Å². The average molecular weight is 229 g/mol. The molecule has 2 nitrogen and oxygen atoms in total. The van der Waals surface area contributed by atoms with Gasteiger partial charge in [0.05, 0.1) is 10.7 Å². The molecule has 1 saturated carbocycles. The van der Waals surface area contributed by atoms with E-state index in [1.807, 2.05) is 6.92 Å². The number of halogens is 1. The summed E-state index contributed by atoms with van der Waals surface area (Å²) in [5, 5.41) is 0. The minimum Gasteiger partial charge on any atom is -0.460 e. The lowest BCUT2D eigenvalue weighted by molar-refractivity contribution is 0.0883. The summed E-state index contributed by atoms with van der Waals surface area (Å²) in [4.78, 5) is 11.7. The first kappa shape index (κ1) is 8.05. The van der Waals surface area contributed by atoms with Gasteiger partial charge in [-0.2, -0.15) is 0 Å². The third-order valence-electron chi connectivity index (χ3n) is 2.37. The number of ketones is 1. The summed E-state index contributed by atoms with van der Waals surface area (Å²) in [7, 11) is 0. The van der Waals surface area contributed by atoms with Crippen LogP contribution < -0.4 is 0 Å². The Kier molecular flexibility index (Phi) is 1.65. The minimum atomic E-state index is -0.139. The van der Waals surface area contributed by atoms with E-state index in [0.29, 0.717) is 5.76 Å². The zero-order chi connectivity index (χ0) is 8.77. The molecule has 0 unspecified atom stereocenters. The van der Waals surface area contributed by atoms with Crippen LogP contribution in [-0.4, -0.2) is 5.78 Å². The Morgan fingerprint density at radius 2 is 2.33 bits per heavy atom. The van der Waals surface area contributed by atoms with Crippen LogP contribution in [0.1, 0.15) is 30.3 Å². The highest BCUT2D eigenvalue weighted by Crippen LogP contribution is 2.48. The van der Waals surface area contributed by atoms with Crippen LogP contribution in [0.2, 0.25) is 0 Å². The molecular weight excluding hydrogens is 220 g/mol.